The van der Waals surface area contributed by atoms with E-state index in [0.717, 1.165) is 26.2 Å². The molecule has 1 aromatic carbocycles. The van der Waals surface area contributed by atoms with Gasteiger partial charge in [-0.25, -0.2) is 12.8 Å². The van der Waals surface area contributed by atoms with Crippen molar-refractivity contribution in [2.75, 3.05) is 43.2 Å². The van der Waals surface area contributed by atoms with E-state index in [2.05, 4.69) is 14.9 Å². The van der Waals surface area contributed by atoms with Crippen molar-refractivity contribution in [3.05, 3.63) is 27.6 Å². The minimum atomic E-state index is -3.41. The van der Waals surface area contributed by atoms with E-state index in [0.29, 0.717) is 15.8 Å². The number of rotatable bonds is 5. The number of anilines is 1. The van der Waals surface area contributed by atoms with E-state index < -0.39 is 10.0 Å². The summed E-state index contributed by atoms with van der Waals surface area (Å²) in [6, 6.07) is 3.99. The molecule has 0 aromatic heterocycles. The average molecular weight is 413 g/mol. The standard InChI is InChI=1S/C12H17FIN3O2S/c13-10-1-2-12(11(14)9-10)16-20(18,19)8-7-17-5-3-15-4-6-17/h1-2,9,15-16H,3-8H2. The Morgan fingerprint density at radius 1 is 1.35 bits per heavy atom. The lowest BCUT2D eigenvalue weighted by Gasteiger charge is -2.26. The van der Waals surface area contributed by atoms with E-state index in [1.54, 1.807) is 0 Å². The van der Waals surface area contributed by atoms with Gasteiger partial charge in [-0.05, 0) is 40.8 Å². The minimum absolute atomic E-state index is 0.0421. The lowest BCUT2D eigenvalue weighted by molar-refractivity contribution is 0.254. The number of nitrogens with zero attached hydrogens (tertiary/aromatic N) is 1. The van der Waals surface area contributed by atoms with E-state index in [1.807, 2.05) is 22.6 Å². The number of hydrogen-bond acceptors (Lipinski definition) is 4. The van der Waals surface area contributed by atoms with E-state index in [1.165, 1.54) is 18.2 Å². The van der Waals surface area contributed by atoms with Crippen molar-refractivity contribution >= 4 is 38.3 Å². The Morgan fingerprint density at radius 3 is 2.70 bits per heavy atom. The first-order valence-corrected chi connectivity index (χ1v) is 9.08. The Labute approximate surface area is 132 Å². The van der Waals surface area contributed by atoms with Crippen LogP contribution in [-0.2, 0) is 10.0 Å². The molecule has 0 amide bonds. The SMILES string of the molecule is O=S(=O)(CCN1CCNCC1)Nc1ccc(F)cc1I. The van der Waals surface area contributed by atoms with Crippen LogP contribution in [0.4, 0.5) is 10.1 Å². The molecule has 1 saturated heterocycles. The molecule has 0 saturated carbocycles. The molecular weight excluding hydrogens is 396 g/mol. The summed E-state index contributed by atoms with van der Waals surface area (Å²) in [4.78, 5) is 2.12. The number of benzene rings is 1. The third-order valence-corrected chi connectivity index (χ3v) is 5.23. The number of sulfonamides is 1. The molecule has 8 heteroatoms. The van der Waals surface area contributed by atoms with Crippen molar-refractivity contribution in [1.82, 2.24) is 10.2 Å². The lowest BCUT2D eigenvalue weighted by atomic mass is 10.3. The van der Waals surface area contributed by atoms with Crippen molar-refractivity contribution in [2.45, 2.75) is 0 Å². The largest absolute Gasteiger partial charge is 0.314 e. The van der Waals surface area contributed by atoms with Gasteiger partial charge in [-0.1, -0.05) is 0 Å². The second kappa shape index (κ2) is 7.01. The van der Waals surface area contributed by atoms with Crippen LogP contribution in [0.2, 0.25) is 0 Å². The van der Waals surface area contributed by atoms with Crippen molar-refractivity contribution in [2.24, 2.45) is 0 Å². The highest BCUT2D eigenvalue weighted by Crippen LogP contribution is 2.20. The van der Waals surface area contributed by atoms with Gasteiger partial charge in [-0.2, -0.15) is 0 Å². The van der Waals surface area contributed by atoms with Crippen molar-refractivity contribution < 1.29 is 12.8 Å². The van der Waals surface area contributed by atoms with Crippen molar-refractivity contribution in [1.29, 1.82) is 0 Å². The van der Waals surface area contributed by atoms with Gasteiger partial charge in [0.1, 0.15) is 5.82 Å². The molecule has 0 spiro atoms. The zero-order chi connectivity index (χ0) is 14.6. The minimum Gasteiger partial charge on any atom is -0.314 e. The molecule has 1 aliphatic heterocycles. The molecule has 112 valence electrons. The maximum Gasteiger partial charge on any atom is 0.234 e. The van der Waals surface area contributed by atoms with Crippen LogP contribution in [0.1, 0.15) is 0 Å². The maximum absolute atomic E-state index is 13.0. The van der Waals surface area contributed by atoms with Gasteiger partial charge in [-0.3, -0.25) is 9.62 Å². The molecule has 2 rings (SSSR count). The van der Waals surface area contributed by atoms with Gasteiger partial charge in [0.05, 0.1) is 11.4 Å². The Balaban J connectivity index is 1.93. The monoisotopic (exact) mass is 413 g/mol. The molecule has 0 bridgehead atoms. The number of hydrogen-bond donors (Lipinski definition) is 2. The second-order valence-corrected chi connectivity index (χ2v) is 7.64. The molecule has 1 aromatic rings. The molecule has 0 unspecified atom stereocenters. The summed E-state index contributed by atoms with van der Waals surface area (Å²) in [6.45, 7) is 4.02. The first-order chi connectivity index (χ1) is 9.46. The fourth-order valence-electron chi connectivity index (χ4n) is 1.97. The maximum atomic E-state index is 13.0. The molecule has 0 radical (unpaired) electrons. The van der Waals surface area contributed by atoms with Crippen LogP contribution in [0.5, 0.6) is 0 Å². The summed E-state index contributed by atoms with van der Waals surface area (Å²) >= 11 is 1.91. The molecule has 20 heavy (non-hydrogen) atoms. The summed E-state index contributed by atoms with van der Waals surface area (Å²) in [5.74, 6) is -0.335. The summed E-state index contributed by atoms with van der Waals surface area (Å²) in [5, 5.41) is 3.22. The number of halogens is 2. The predicted molar refractivity (Wildman–Crippen MR) is 85.8 cm³/mol. The van der Waals surface area contributed by atoms with E-state index in [-0.39, 0.29) is 11.6 Å². The van der Waals surface area contributed by atoms with Crippen LogP contribution in [0.3, 0.4) is 0 Å². The number of piperazine rings is 1. The highest BCUT2D eigenvalue weighted by atomic mass is 127. The molecule has 1 heterocycles. The van der Waals surface area contributed by atoms with Gasteiger partial charge in [0.2, 0.25) is 10.0 Å². The van der Waals surface area contributed by atoms with Crippen LogP contribution >= 0.6 is 22.6 Å². The van der Waals surface area contributed by atoms with E-state index >= 15 is 0 Å². The lowest BCUT2D eigenvalue weighted by Crippen LogP contribution is -2.45. The zero-order valence-corrected chi connectivity index (χ0v) is 13.9. The first-order valence-electron chi connectivity index (χ1n) is 6.35. The smallest absolute Gasteiger partial charge is 0.234 e. The highest BCUT2D eigenvalue weighted by molar-refractivity contribution is 14.1. The Morgan fingerprint density at radius 2 is 2.05 bits per heavy atom. The van der Waals surface area contributed by atoms with Crippen LogP contribution in [0.25, 0.3) is 0 Å². The molecule has 5 nitrogen and oxygen atoms in total. The van der Waals surface area contributed by atoms with Crippen LogP contribution in [-0.4, -0.2) is 51.8 Å². The molecular formula is C12H17FIN3O2S. The summed E-state index contributed by atoms with van der Waals surface area (Å²) in [5.41, 5.74) is 0.423. The quantitative estimate of drug-likeness (QED) is 0.710. The summed E-state index contributed by atoms with van der Waals surface area (Å²) in [6.07, 6.45) is 0. The van der Waals surface area contributed by atoms with Crippen LogP contribution in [0.15, 0.2) is 18.2 Å². The van der Waals surface area contributed by atoms with Gasteiger partial charge < -0.3 is 5.32 Å². The van der Waals surface area contributed by atoms with Crippen molar-refractivity contribution in [3.8, 4) is 0 Å². The molecule has 0 aliphatic carbocycles. The summed E-state index contributed by atoms with van der Waals surface area (Å²) < 4.78 is 40.1. The molecule has 2 N–H and O–H groups in total. The van der Waals surface area contributed by atoms with E-state index in [4.69, 9.17) is 0 Å². The second-order valence-electron chi connectivity index (χ2n) is 4.64. The van der Waals surface area contributed by atoms with E-state index in [9.17, 15) is 12.8 Å². The summed E-state index contributed by atoms with van der Waals surface area (Å²) in [7, 11) is -3.41. The fourth-order valence-corrected chi connectivity index (χ4v) is 3.88. The van der Waals surface area contributed by atoms with Gasteiger partial charge >= 0.3 is 0 Å². The third kappa shape index (κ3) is 4.83. The zero-order valence-electron chi connectivity index (χ0n) is 10.9. The van der Waals surface area contributed by atoms with Crippen molar-refractivity contribution in [3.63, 3.8) is 0 Å². The Kier molecular flexibility index (Phi) is 5.58. The van der Waals surface area contributed by atoms with Gasteiger partial charge in [0, 0.05) is 36.3 Å². The molecule has 1 aliphatic rings. The fraction of sp³-hybridized carbons (Fsp3) is 0.500. The topological polar surface area (TPSA) is 61.4 Å². The van der Waals surface area contributed by atoms with Gasteiger partial charge in [0.15, 0.2) is 0 Å². The Bertz CT molecular complexity index is 562. The first kappa shape index (κ1) is 15.9. The molecule has 0 atom stereocenters. The van der Waals surface area contributed by atoms with Gasteiger partial charge in [0.25, 0.3) is 0 Å². The predicted octanol–water partition coefficient (Wildman–Crippen LogP) is 1.08. The third-order valence-electron chi connectivity index (χ3n) is 3.08. The normalized spacial score (nSPS) is 17.1. The number of nitrogens with one attached hydrogen (secondary N) is 2. The van der Waals surface area contributed by atoms with Gasteiger partial charge in [-0.15, -0.1) is 0 Å². The molecule has 1 fully saturated rings. The highest BCUT2D eigenvalue weighted by Gasteiger charge is 2.16. The van der Waals surface area contributed by atoms with Crippen LogP contribution in [0, 0.1) is 9.39 Å². The Hall–Kier alpha value is -0.450. The van der Waals surface area contributed by atoms with Crippen LogP contribution < -0.4 is 10.0 Å². The average Bonchev–Trinajstić information content (AvgIpc) is 2.41.